The van der Waals surface area contributed by atoms with E-state index in [9.17, 15) is 10.2 Å². The number of rotatable bonds is 8. The molecular weight excluding hydrogens is 452 g/mol. The molecule has 0 aromatic heterocycles. The van der Waals surface area contributed by atoms with Crippen LogP contribution in [0.4, 0.5) is 0 Å². The van der Waals surface area contributed by atoms with Crippen LogP contribution < -0.4 is 0 Å². The molecule has 0 amide bonds. The van der Waals surface area contributed by atoms with E-state index in [0.717, 1.165) is 31.4 Å². The zero-order valence-electron chi connectivity index (χ0n) is 21.9. The monoisotopic (exact) mass is 496 g/mol. The number of ether oxygens (including phenoxy) is 6. The molecule has 8 heteroatoms. The van der Waals surface area contributed by atoms with Crippen molar-refractivity contribution in [2.24, 2.45) is 28.6 Å². The lowest BCUT2D eigenvalue weighted by atomic mass is 9.50. The summed E-state index contributed by atoms with van der Waals surface area (Å²) in [6.07, 6.45) is 5.99. The van der Waals surface area contributed by atoms with Crippen molar-refractivity contribution in [1.29, 1.82) is 0 Å². The molecule has 3 saturated heterocycles. The summed E-state index contributed by atoms with van der Waals surface area (Å²) in [4.78, 5) is 0. The van der Waals surface area contributed by atoms with Crippen LogP contribution in [0.2, 0.25) is 0 Å². The lowest BCUT2D eigenvalue weighted by Gasteiger charge is -2.58. The van der Waals surface area contributed by atoms with Gasteiger partial charge in [-0.2, -0.15) is 0 Å². The summed E-state index contributed by atoms with van der Waals surface area (Å²) >= 11 is 0. The Hall–Kier alpha value is -0.580. The van der Waals surface area contributed by atoms with Gasteiger partial charge in [0.25, 0.3) is 0 Å². The Morgan fingerprint density at radius 2 is 2.06 bits per heavy atom. The maximum Gasteiger partial charge on any atom is 0.196 e. The molecule has 0 aromatic carbocycles. The summed E-state index contributed by atoms with van der Waals surface area (Å²) in [6.45, 7) is 7.47. The molecule has 5 fully saturated rings. The third-order valence-electron chi connectivity index (χ3n) is 10.0. The van der Waals surface area contributed by atoms with Crippen molar-refractivity contribution in [2.75, 3.05) is 34.2 Å². The van der Waals surface area contributed by atoms with Crippen molar-refractivity contribution in [3.8, 4) is 0 Å². The van der Waals surface area contributed by atoms with Crippen LogP contribution in [0.25, 0.3) is 0 Å². The SMILES string of the molecule is COCO[C@@H]1[C@H](C)[C@@H]2C[C@@H](OC)O[C@@H]3C[C@](C)(C(O)/C(C)=C/CC4CCCCO4)[C@H]4[C@@]1(O)OC[C@]324. The molecule has 11 atom stereocenters. The van der Waals surface area contributed by atoms with Crippen molar-refractivity contribution in [3.63, 3.8) is 0 Å². The fourth-order valence-electron chi connectivity index (χ4n) is 8.58. The Morgan fingerprint density at radius 3 is 2.74 bits per heavy atom. The lowest BCUT2D eigenvalue weighted by Crippen LogP contribution is -2.67. The Morgan fingerprint density at radius 1 is 1.26 bits per heavy atom. The van der Waals surface area contributed by atoms with Crippen LogP contribution in [-0.4, -0.2) is 80.9 Å². The van der Waals surface area contributed by atoms with E-state index in [1.165, 1.54) is 6.42 Å². The van der Waals surface area contributed by atoms with Crippen molar-refractivity contribution < 1.29 is 38.6 Å². The fraction of sp³-hybridized carbons (Fsp3) is 0.926. The maximum absolute atomic E-state index is 12.2. The van der Waals surface area contributed by atoms with Crippen LogP contribution in [0.5, 0.6) is 0 Å². The quantitative estimate of drug-likeness (QED) is 0.391. The number of aliphatic hydroxyl groups excluding tert-OH is 1. The standard InChI is InChI=1S/C27H44O8/c1-16(9-10-18-8-6-7-11-32-18)22(28)25(3)13-20-26-14-34-27(29,24(25)26)23(33-15-30-4)17(2)19(26)12-21(31-5)35-20/h9,17-24,28-29H,6-8,10-15H2,1-5H3/b16-9+/t17-,18?,19+,20-,21+,22?,23-,24-,25-,26-,27+/m1/s1. The molecule has 3 aliphatic heterocycles. The molecule has 2 N–H and O–H groups in total. The first kappa shape index (κ1) is 26.0. The van der Waals surface area contributed by atoms with Crippen LogP contribution >= 0.6 is 0 Å². The van der Waals surface area contributed by atoms with Gasteiger partial charge in [-0.15, -0.1) is 0 Å². The summed E-state index contributed by atoms with van der Waals surface area (Å²) in [6, 6.07) is 0. The van der Waals surface area contributed by atoms with Crippen molar-refractivity contribution >= 4 is 0 Å². The van der Waals surface area contributed by atoms with E-state index in [1.807, 2.05) is 6.92 Å². The fourth-order valence-corrected chi connectivity index (χ4v) is 8.58. The van der Waals surface area contributed by atoms with E-state index in [4.69, 9.17) is 28.4 Å². The van der Waals surface area contributed by atoms with Gasteiger partial charge in [-0.3, -0.25) is 0 Å². The Kier molecular flexibility index (Phi) is 7.16. The molecule has 35 heavy (non-hydrogen) atoms. The topological polar surface area (TPSA) is 95.8 Å². The average Bonchev–Trinajstić information content (AvgIpc) is 3.30. The van der Waals surface area contributed by atoms with E-state index < -0.39 is 28.8 Å². The van der Waals surface area contributed by atoms with E-state index >= 15 is 0 Å². The Labute approximate surface area is 209 Å². The zero-order chi connectivity index (χ0) is 25.0. The molecule has 2 aliphatic carbocycles. The molecular formula is C27H44O8. The predicted octanol–water partition coefficient (Wildman–Crippen LogP) is 3.00. The van der Waals surface area contributed by atoms with Crippen LogP contribution in [0.1, 0.15) is 59.3 Å². The van der Waals surface area contributed by atoms with E-state index in [2.05, 4.69) is 19.9 Å². The van der Waals surface area contributed by atoms with Gasteiger partial charge >= 0.3 is 0 Å². The van der Waals surface area contributed by atoms with Gasteiger partial charge in [-0.25, -0.2) is 0 Å². The largest absolute Gasteiger partial charge is 0.388 e. The molecule has 5 rings (SSSR count). The number of aliphatic hydroxyl groups is 2. The lowest BCUT2D eigenvalue weighted by molar-refractivity contribution is -0.327. The molecule has 2 unspecified atom stereocenters. The normalized spacial score (nSPS) is 50.3. The predicted molar refractivity (Wildman–Crippen MR) is 127 cm³/mol. The summed E-state index contributed by atoms with van der Waals surface area (Å²) < 4.78 is 35.7. The third-order valence-corrected chi connectivity index (χ3v) is 10.0. The van der Waals surface area contributed by atoms with Gasteiger partial charge in [0, 0.05) is 44.0 Å². The summed E-state index contributed by atoms with van der Waals surface area (Å²) in [5.41, 5.74) is -0.161. The highest BCUT2D eigenvalue weighted by Crippen LogP contribution is 2.74. The first-order valence-electron chi connectivity index (χ1n) is 13.3. The van der Waals surface area contributed by atoms with E-state index in [-0.39, 0.29) is 43.0 Å². The van der Waals surface area contributed by atoms with Crippen molar-refractivity contribution in [3.05, 3.63) is 11.6 Å². The van der Waals surface area contributed by atoms with Crippen LogP contribution in [0.15, 0.2) is 11.6 Å². The number of hydrogen-bond donors (Lipinski definition) is 2. The van der Waals surface area contributed by atoms with Gasteiger partial charge in [-0.1, -0.05) is 19.9 Å². The van der Waals surface area contributed by atoms with Gasteiger partial charge in [0.1, 0.15) is 12.9 Å². The van der Waals surface area contributed by atoms with Gasteiger partial charge in [-0.05, 0) is 56.4 Å². The molecule has 2 saturated carbocycles. The number of methoxy groups -OCH3 is 2. The second kappa shape index (κ2) is 9.62. The second-order valence-electron chi connectivity index (χ2n) is 11.9. The highest BCUT2D eigenvalue weighted by Gasteiger charge is 2.82. The third kappa shape index (κ3) is 3.86. The first-order chi connectivity index (χ1) is 16.7. The van der Waals surface area contributed by atoms with E-state index in [1.54, 1.807) is 14.2 Å². The van der Waals surface area contributed by atoms with E-state index in [0.29, 0.717) is 19.4 Å². The van der Waals surface area contributed by atoms with Crippen molar-refractivity contribution in [2.45, 2.75) is 95.8 Å². The second-order valence-corrected chi connectivity index (χ2v) is 11.9. The molecule has 5 aliphatic rings. The highest BCUT2D eigenvalue weighted by molar-refractivity contribution is 5.28. The molecule has 200 valence electrons. The first-order valence-corrected chi connectivity index (χ1v) is 13.3. The smallest absolute Gasteiger partial charge is 0.196 e. The Bertz CT molecular complexity index is 798. The number of hydrogen-bond acceptors (Lipinski definition) is 8. The summed E-state index contributed by atoms with van der Waals surface area (Å²) in [5, 5.41) is 24.0. The molecule has 8 nitrogen and oxygen atoms in total. The minimum absolute atomic E-state index is 0.0116. The maximum atomic E-state index is 12.2. The van der Waals surface area contributed by atoms with Gasteiger partial charge in [0.05, 0.1) is 24.9 Å². The molecule has 0 radical (unpaired) electrons. The summed E-state index contributed by atoms with van der Waals surface area (Å²) in [5.74, 6) is -1.71. The molecule has 2 bridgehead atoms. The van der Waals surface area contributed by atoms with Gasteiger partial charge in [0.15, 0.2) is 12.1 Å². The minimum Gasteiger partial charge on any atom is -0.388 e. The summed E-state index contributed by atoms with van der Waals surface area (Å²) in [7, 11) is 3.26. The van der Waals surface area contributed by atoms with Gasteiger partial charge in [0.2, 0.25) is 0 Å². The Balaban J connectivity index is 1.50. The van der Waals surface area contributed by atoms with Gasteiger partial charge < -0.3 is 38.6 Å². The highest BCUT2D eigenvalue weighted by atomic mass is 16.7. The van der Waals surface area contributed by atoms with Crippen LogP contribution in [0.3, 0.4) is 0 Å². The molecule has 1 spiro atoms. The molecule has 0 aromatic rings. The van der Waals surface area contributed by atoms with Crippen LogP contribution in [-0.2, 0) is 28.4 Å². The zero-order valence-corrected chi connectivity index (χ0v) is 21.9. The van der Waals surface area contributed by atoms with Crippen LogP contribution in [0, 0.1) is 28.6 Å². The minimum atomic E-state index is -1.53. The average molecular weight is 497 g/mol. The molecule has 3 heterocycles. The van der Waals surface area contributed by atoms with Crippen molar-refractivity contribution in [1.82, 2.24) is 0 Å².